The molecule has 15 heavy (non-hydrogen) atoms. The van der Waals surface area contributed by atoms with Gasteiger partial charge in [-0.15, -0.1) is 0 Å². The van der Waals surface area contributed by atoms with Gasteiger partial charge in [-0.3, -0.25) is 0 Å². The van der Waals surface area contributed by atoms with Crippen LogP contribution in [-0.2, 0) is 4.74 Å². The average Bonchev–Trinajstić information content (AvgIpc) is 2.09. The Morgan fingerprint density at radius 2 is 1.73 bits per heavy atom. The zero-order valence-corrected chi connectivity index (χ0v) is 10.9. The highest BCUT2D eigenvalue weighted by Crippen LogP contribution is 2.19. The molecule has 0 aliphatic carbocycles. The molecule has 0 aromatic heterocycles. The molecule has 0 aromatic carbocycles. The highest BCUT2D eigenvalue weighted by atomic mass is 16.5. The van der Waals surface area contributed by atoms with Crippen LogP contribution in [-0.4, -0.2) is 36.0 Å². The second-order valence-electron chi connectivity index (χ2n) is 5.08. The molecule has 0 heterocycles. The van der Waals surface area contributed by atoms with Gasteiger partial charge in [-0.2, -0.15) is 0 Å². The first-order chi connectivity index (χ1) is 6.81. The quantitative estimate of drug-likeness (QED) is 0.611. The Morgan fingerprint density at radius 3 is 2.20 bits per heavy atom. The molecule has 92 valence electrons. The molecule has 0 amide bonds. The molecule has 3 nitrogen and oxygen atoms in total. The van der Waals surface area contributed by atoms with E-state index in [-0.39, 0.29) is 5.54 Å². The minimum Gasteiger partial charge on any atom is -0.389 e. The monoisotopic (exact) mass is 217 g/mol. The summed E-state index contributed by atoms with van der Waals surface area (Å²) in [6, 6.07) is 0. The van der Waals surface area contributed by atoms with E-state index in [1.54, 1.807) is 0 Å². The molecule has 0 bridgehead atoms. The van der Waals surface area contributed by atoms with Gasteiger partial charge in [-0.1, -0.05) is 13.3 Å². The number of rotatable bonds is 8. The van der Waals surface area contributed by atoms with Crippen molar-refractivity contribution in [2.75, 3.05) is 19.8 Å². The molecule has 0 saturated carbocycles. The van der Waals surface area contributed by atoms with Gasteiger partial charge in [0, 0.05) is 18.7 Å². The van der Waals surface area contributed by atoms with Gasteiger partial charge in [-0.05, 0) is 34.1 Å². The number of hydrogen-bond donors (Lipinski definition) is 2. The van der Waals surface area contributed by atoms with Gasteiger partial charge in [0.2, 0.25) is 0 Å². The Kier molecular flexibility index (Phi) is 6.41. The van der Waals surface area contributed by atoms with E-state index < -0.39 is 5.60 Å². The fourth-order valence-electron chi connectivity index (χ4n) is 1.00. The van der Waals surface area contributed by atoms with Crippen LogP contribution in [0.4, 0.5) is 0 Å². The molecule has 0 fully saturated rings. The summed E-state index contributed by atoms with van der Waals surface area (Å²) < 4.78 is 5.44. The molecule has 2 N–H and O–H groups in total. The molecule has 3 heteroatoms. The first-order valence-corrected chi connectivity index (χ1v) is 5.86. The third-order valence-electron chi connectivity index (χ3n) is 2.99. The molecular formula is C12H27NO2. The van der Waals surface area contributed by atoms with Gasteiger partial charge >= 0.3 is 0 Å². The first kappa shape index (κ1) is 14.9. The number of hydrogen-bond acceptors (Lipinski definition) is 3. The summed E-state index contributed by atoms with van der Waals surface area (Å²) in [6.45, 7) is 12.1. The van der Waals surface area contributed by atoms with E-state index in [0.29, 0.717) is 6.61 Å². The maximum atomic E-state index is 9.88. The Hall–Kier alpha value is -0.120. The van der Waals surface area contributed by atoms with Gasteiger partial charge in [0.15, 0.2) is 0 Å². The Morgan fingerprint density at radius 1 is 1.13 bits per heavy atom. The zero-order valence-electron chi connectivity index (χ0n) is 10.9. The van der Waals surface area contributed by atoms with E-state index in [2.05, 4.69) is 12.2 Å². The van der Waals surface area contributed by atoms with E-state index in [1.807, 2.05) is 27.7 Å². The van der Waals surface area contributed by atoms with Crippen molar-refractivity contribution >= 4 is 0 Å². The molecule has 0 aromatic rings. The third kappa shape index (κ3) is 6.13. The SMILES string of the molecule is CCCCOCCNC(C)(C)C(C)(C)O. The maximum Gasteiger partial charge on any atom is 0.0767 e. The predicted octanol–water partition coefficient (Wildman–Crippen LogP) is 1.94. The second kappa shape index (κ2) is 6.46. The normalized spacial score (nSPS) is 13.2. The summed E-state index contributed by atoms with van der Waals surface area (Å²) in [4.78, 5) is 0. The first-order valence-electron chi connectivity index (χ1n) is 5.86. The summed E-state index contributed by atoms with van der Waals surface area (Å²) in [6.07, 6.45) is 2.29. The lowest BCUT2D eigenvalue weighted by atomic mass is 9.86. The summed E-state index contributed by atoms with van der Waals surface area (Å²) in [5.41, 5.74) is -1.02. The molecule has 0 radical (unpaired) electrons. The van der Waals surface area contributed by atoms with Gasteiger partial charge in [-0.25, -0.2) is 0 Å². The topological polar surface area (TPSA) is 41.5 Å². The fourth-order valence-corrected chi connectivity index (χ4v) is 1.00. The molecule has 0 aliphatic rings. The highest BCUT2D eigenvalue weighted by Gasteiger charge is 2.33. The van der Waals surface area contributed by atoms with Gasteiger partial charge in [0.1, 0.15) is 0 Å². The number of aliphatic hydroxyl groups is 1. The predicted molar refractivity (Wildman–Crippen MR) is 64.1 cm³/mol. The summed E-state index contributed by atoms with van der Waals surface area (Å²) in [5.74, 6) is 0. The summed E-state index contributed by atoms with van der Waals surface area (Å²) in [7, 11) is 0. The summed E-state index contributed by atoms with van der Waals surface area (Å²) >= 11 is 0. The fraction of sp³-hybridized carbons (Fsp3) is 1.00. The van der Waals surface area contributed by atoms with Crippen LogP contribution in [0.2, 0.25) is 0 Å². The van der Waals surface area contributed by atoms with Crippen LogP contribution >= 0.6 is 0 Å². The van der Waals surface area contributed by atoms with E-state index in [9.17, 15) is 5.11 Å². The smallest absolute Gasteiger partial charge is 0.0767 e. The molecule has 0 spiro atoms. The van der Waals surface area contributed by atoms with Crippen molar-refractivity contribution in [2.24, 2.45) is 0 Å². The van der Waals surface area contributed by atoms with Crippen LogP contribution < -0.4 is 5.32 Å². The van der Waals surface area contributed by atoms with E-state index >= 15 is 0 Å². The van der Waals surface area contributed by atoms with Crippen molar-refractivity contribution in [1.29, 1.82) is 0 Å². The number of unbranched alkanes of at least 4 members (excludes halogenated alkanes) is 1. The lowest BCUT2D eigenvalue weighted by Crippen LogP contribution is -2.56. The van der Waals surface area contributed by atoms with Crippen molar-refractivity contribution in [1.82, 2.24) is 5.32 Å². The molecule has 0 aliphatic heterocycles. The minimum atomic E-state index is -0.726. The van der Waals surface area contributed by atoms with Crippen LogP contribution in [0.3, 0.4) is 0 Å². The standard InChI is InChI=1S/C12H27NO2/c1-6-7-9-15-10-8-13-11(2,3)12(4,5)14/h13-14H,6-10H2,1-5H3. The molecule has 0 atom stereocenters. The largest absolute Gasteiger partial charge is 0.389 e. The molecule has 0 unspecified atom stereocenters. The van der Waals surface area contributed by atoms with Gasteiger partial charge in [0.05, 0.1) is 12.2 Å². The van der Waals surface area contributed by atoms with E-state index in [0.717, 1.165) is 19.6 Å². The van der Waals surface area contributed by atoms with Crippen molar-refractivity contribution in [2.45, 2.75) is 58.6 Å². The van der Waals surface area contributed by atoms with Crippen molar-refractivity contribution in [3.63, 3.8) is 0 Å². The molecular weight excluding hydrogens is 190 g/mol. The van der Waals surface area contributed by atoms with Crippen LogP contribution in [0.15, 0.2) is 0 Å². The summed E-state index contributed by atoms with van der Waals surface area (Å²) in [5, 5.41) is 13.2. The Bertz CT molecular complexity index is 161. The number of ether oxygens (including phenoxy) is 1. The average molecular weight is 217 g/mol. The lowest BCUT2D eigenvalue weighted by Gasteiger charge is -2.38. The highest BCUT2D eigenvalue weighted by molar-refractivity contribution is 4.93. The Balaban J connectivity index is 3.58. The van der Waals surface area contributed by atoms with Crippen molar-refractivity contribution in [3.05, 3.63) is 0 Å². The van der Waals surface area contributed by atoms with Gasteiger partial charge < -0.3 is 15.2 Å². The van der Waals surface area contributed by atoms with Gasteiger partial charge in [0.25, 0.3) is 0 Å². The van der Waals surface area contributed by atoms with Crippen LogP contribution in [0.1, 0.15) is 47.5 Å². The third-order valence-corrected chi connectivity index (χ3v) is 2.99. The van der Waals surface area contributed by atoms with Crippen LogP contribution in [0, 0.1) is 0 Å². The van der Waals surface area contributed by atoms with Crippen molar-refractivity contribution in [3.8, 4) is 0 Å². The zero-order chi connectivity index (χ0) is 11.9. The lowest BCUT2D eigenvalue weighted by molar-refractivity contribution is -0.00798. The van der Waals surface area contributed by atoms with E-state index in [1.165, 1.54) is 6.42 Å². The minimum absolute atomic E-state index is 0.291. The number of nitrogens with one attached hydrogen (secondary N) is 1. The van der Waals surface area contributed by atoms with E-state index in [4.69, 9.17) is 4.74 Å². The van der Waals surface area contributed by atoms with Crippen molar-refractivity contribution < 1.29 is 9.84 Å². The second-order valence-corrected chi connectivity index (χ2v) is 5.08. The molecule has 0 saturated heterocycles. The maximum absolute atomic E-state index is 9.88. The van der Waals surface area contributed by atoms with Crippen LogP contribution in [0.5, 0.6) is 0 Å². The Labute approximate surface area is 94.2 Å². The van der Waals surface area contributed by atoms with Crippen LogP contribution in [0.25, 0.3) is 0 Å². The molecule has 0 rings (SSSR count).